The van der Waals surface area contributed by atoms with Crippen LogP contribution in [0.3, 0.4) is 0 Å². The maximum Gasteiger partial charge on any atom is 0.410 e. The number of alkyl halides is 2. The molecule has 626 valence electrons. The van der Waals surface area contributed by atoms with Gasteiger partial charge in [-0.25, -0.2) is 39.6 Å². The van der Waals surface area contributed by atoms with E-state index in [2.05, 4.69) is 92.9 Å². The van der Waals surface area contributed by atoms with Gasteiger partial charge in [0.1, 0.15) is 11.2 Å². The van der Waals surface area contributed by atoms with Crippen molar-refractivity contribution in [1.29, 1.82) is 0 Å². The second-order valence-electron chi connectivity index (χ2n) is 40.4. The molecule has 13 unspecified atom stereocenters. The van der Waals surface area contributed by atoms with Crippen LogP contribution in [0.25, 0.3) is 0 Å². The highest BCUT2D eigenvalue weighted by Gasteiger charge is 2.67. The Hall–Kier alpha value is -2.68. The highest BCUT2D eigenvalue weighted by molar-refractivity contribution is 7.90. The van der Waals surface area contributed by atoms with Crippen LogP contribution in [0.1, 0.15) is 278 Å². The summed E-state index contributed by atoms with van der Waals surface area (Å²) in [6.07, 6.45) is 25.9. The van der Waals surface area contributed by atoms with Gasteiger partial charge >= 0.3 is 23.5 Å². The summed E-state index contributed by atoms with van der Waals surface area (Å²) in [6, 6.07) is 2.62. The molecule has 20 nitrogen and oxygen atoms in total. The Kier molecular flexibility index (Phi) is 26.0. The van der Waals surface area contributed by atoms with Gasteiger partial charge in [-0.3, -0.25) is 0 Å². The van der Waals surface area contributed by atoms with E-state index in [0.717, 1.165) is 169 Å². The number of carbonyl (C=O) groups is 3. The van der Waals surface area contributed by atoms with Crippen LogP contribution in [0.4, 0.5) is 23.2 Å². The van der Waals surface area contributed by atoms with Crippen molar-refractivity contribution in [2.75, 3.05) is 45.8 Å². The van der Waals surface area contributed by atoms with Gasteiger partial charge in [0.15, 0.2) is 0 Å². The summed E-state index contributed by atoms with van der Waals surface area (Å²) in [5, 5.41) is -3.69. The van der Waals surface area contributed by atoms with Gasteiger partial charge in [-0.2, -0.15) is 21.7 Å². The number of hydrogen-bond donors (Lipinski definition) is 0. The zero-order valence-corrected chi connectivity index (χ0v) is 72.4. The molecule has 12 aliphatic heterocycles. The van der Waals surface area contributed by atoms with Gasteiger partial charge in [0.05, 0.1) is 36.9 Å². The average Bonchev–Trinajstić information content (AvgIpc) is 1.53. The van der Waals surface area contributed by atoms with Crippen LogP contribution in [-0.4, -0.2) is 205 Å². The van der Waals surface area contributed by atoms with E-state index < -0.39 is 35.3 Å². The van der Waals surface area contributed by atoms with Crippen LogP contribution in [0, 0.1) is 100 Å². The van der Waals surface area contributed by atoms with Crippen LogP contribution in [0.2, 0.25) is 0 Å². The van der Waals surface area contributed by atoms with Crippen molar-refractivity contribution in [3.63, 3.8) is 0 Å². The van der Waals surface area contributed by atoms with E-state index in [1.54, 1.807) is 7.11 Å². The Morgan fingerprint density at radius 1 is 0.495 bits per heavy atom. The molecule has 17 fully saturated rings. The largest absolute Gasteiger partial charge is 0.447 e. The number of piperidine rings is 6. The van der Waals surface area contributed by atoms with Gasteiger partial charge in [0, 0.05) is 99.4 Å². The monoisotopic (exact) mass is 1590 g/mol. The molecule has 12 heterocycles. The van der Waals surface area contributed by atoms with E-state index in [9.17, 15) is 48.4 Å². The molecule has 5 saturated carbocycles. The summed E-state index contributed by atoms with van der Waals surface area (Å²) in [6.45, 7) is 39.0. The Labute approximate surface area is 656 Å². The van der Waals surface area contributed by atoms with Crippen LogP contribution >= 0.6 is 0 Å². The maximum atomic E-state index is 13.3. The molecule has 16 atom stereocenters. The van der Waals surface area contributed by atoms with Crippen LogP contribution in [0.15, 0.2) is 0 Å². The molecule has 3 amide bonds. The number of hydrogen-bond acceptors (Lipinski definition) is 14. The number of sulfonamides is 3. The first kappa shape index (κ1) is 85.7. The van der Waals surface area contributed by atoms with Gasteiger partial charge in [-0.15, -0.1) is 0 Å². The van der Waals surface area contributed by atoms with Crippen molar-refractivity contribution in [2.45, 2.75) is 366 Å². The molecule has 0 aromatic carbocycles. The number of ether oxygens (including phenoxy) is 5. The molecule has 5 aliphatic carbocycles. The summed E-state index contributed by atoms with van der Waals surface area (Å²) in [5.74, 6) is 10.7. The van der Waals surface area contributed by atoms with E-state index >= 15 is 0 Å². The number of rotatable bonds is 17. The predicted molar refractivity (Wildman–Crippen MR) is 421 cm³/mol. The van der Waals surface area contributed by atoms with E-state index in [1.165, 1.54) is 51.4 Å². The number of methoxy groups -OCH3 is 1. The van der Waals surface area contributed by atoms with Crippen LogP contribution in [0.5, 0.6) is 0 Å². The minimum absolute atomic E-state index is 0.00366. The van der Waals surface area contributed by atoms with Crippen molar-refractivity contribution >= 4 is 48.3 Å². The number of likely N-dealkylation sites (tertiary alicyclic amines) is 1. The summed E-state index contributed by atoms with van der Waals surface area (Å²) in [7, 11) is -9.03. The summed E-state index contributed by atoms with van der Waals surface area (Å²) in [5.41, 5.74) is 0.0627. The van der Waals surface area contributed by atoms with Gasteiger partial charge < -0.3 is 38.4 Å². The first-order valence-electron chi connectivity index (χ1n) is 43.5. The normalized spacial score (nSPS) is 37.3. The minimum atomic E-state index is -4.48. The SMILES string of the molecule is CC(C)C1C2COCC1CN(C(=O)OC1(C)CC1)C2.CC(C)C1CC2CCC(C1)N2S(=O)(=O)C(C)(F)F.CC(C)C1CC2CCC(N2S(=O)(=O)C2CC2)C12CC2.CC(C)OC(=O)N1[C@@H]2CC(C(C)C)C[C@@H]1C1CC12.CC(C)[C@@H]1CC2CCC1N2C(=O)OC1(C)CC1.COCCS(=O)(=O)N1C2CCC1CC(C(C)C)C2. The molecule has 12 bridgehead atoms. The molecule has 12 saturated heterocycles. The van der Waals surface area contributed by atoms with E-state index in [0.29, 0.717) is 120 Å². The lowest BCUT2D eigenvalue weighted by molar-refractivity contribution is -0.0950. The van der Waals surface area contributed by atoms with Crippen molar-refractivity contribution in [2.24, 2.45) is 100 Å². The molecule has 0 aromatic heterocycles. The average molecular weight is 1600 g/mol. The third kappa shape index (κ3) is 18.4. The first-order valence-corrected chi connectivity index (χ1v) is 48.1. The molecule has 0 radical (unpaired) electrons. The van der Waals surface area contributed by atoms with Crippen LogP contribution < -0.4 is 0 Å². The lowest BCUT2D eigenvalue weighted by Crippen LogP contribution is -2.55. The highest BCUT2D eigenvalue weighted by atomic mass is 32.2. The minimum Gasteiger partial charge on any atom is -0.447 e. The predicted octanol–water partition coefficient (Wildman–Crippen LogP) is 16.5. The summed E-state index contributed by atoms with van der Waals surface area (Å²) in [4.78, 5) is 42.7. The quantitative estimate of drug-likeness (QED) is 0.124. The van der Waals surface area contributed by atoms with E-state index in [-0.39, 0.29) is 70.8 Å². The standard InChI is InChI=1S/C15H25NO3.C15H25NO2S.C15H25NO2.C14H23NO2.C13H25NO3S.C12H21F2NO2S/c1-10(2)13-11-6-16(7-12(13)9-18-8-11)14(17)19-15(3)4-5-15;1-10(2)13-9-11-3-6-14(15(13)7-8-15)16(11)19(17,18)12-4-5-12;1-8(2)10-5-13-11-7-12(11)14(6-10)16(13)15(17)18-9(3)4;1-9(2)11-8-10-4-5-12(11)15(10)13(16)17-14(3)6-7-14;1-10(2)11-8-12-4-5-13(9-11)14(12)18(15,16)7-6-17-3;1-8(2)9-6-10-4-5-11(7-9)15(10)18(16,17)12(3,13)14/h10-13H,4-9H2,1-3H3;10-14H,3-9H2,1-2H3;8-14H,5-7H2,1-4H3;9-12H,4-8H2,1-3H3;10-13H,4-9H2,1-3H3;8-11H,4-7H2,1-3H3/t;;10?,11?,12?,13-,14-;10?,11-,12?;;/m..10../s1. The second kappa shape index (κ2) is 33.0. The molecule has 0 aromatic rings. The Morgan fingerprint density at radius 2 is 0.963 bits per heavy atom. The highest BCUT2D eigenvalue weighted by Crippen LogP contribution is 2.67. The molecule has 25 heteroatoms. The number of nitrogens with zero attached hydrogens (tertiary/aromatic N) is 6. The maximum absolute atomic E-state index is 13.3. The van der Waals surface area contributed by atoms with Gasteiger partial charge in [-0.1, -0.05) is 83.1 Å². The molecule has 17 aliphatic rings. The molecule has 109 heavy (non-hydrogen) atoms. The van der Waals surface area contributed by atoms with Crippen molar-refractivity contribution in [3.8, 4) is 0 Å². The van der Waals surface area contributed by atoms with Gasteiger partial charge in [0.25, 0.3) is 10.0 Å². The molecule has 1 spiro atoms. The topological polar surface area (TPSA) is 219 Å². The summed E-state index contributed by atoms with van der Waals surface area (Å²) < 4.78 is 133. The zero-order chi connectivity index (χ0) is 79.3. The van der Waals surface area contributed by atoms with E-state index in [4.69, 9.17) is 23.7 Å². The fourth-order valence-electron chi connectivity index (χ4n) is 23.4. The third-order valence-corrected chi connectivity index (χ3v) is 36.7. The zero-order valence-electron chi connectivity index (χ0n) is 70.0. The number of amides is 3. The Bertz CT molecular complexity index is 3450. The van der Waals surface area contributed by atoms with E-state index in [1.807, 2.05) is 41.2 Å². The second-order valence-corrected chi connectivity index (χ2v) is 46.6. The van der Waals surface area contributed by atoms with Crippen molar-refractivity contribution in [1.82, 2.24) is 27.6 Å². The lowest BCUT2D eigenvalue weighted by atomic mass is 9.71. The fourth-order valence-corrected chi connectivity index (χ4v) is 29.1. The van der Waals surface area contributed by atoms with Gasteiger partial charge in [0.2, 0.25) is 20.0 Å². The molecular formula is C84H144F2N6O14S3. The Morgan fingerprint density at radius 3 is 1.39 bits per heavy atom. The van der Waals surface area contributed by atoms with Crippen molar-refractivity contribution in [3.05, 3.63) is 0 Å². The number of fused-ring (bicyclic) bond motifs is 16. The molecular weight excluding hydrogens is 1450 g/mol. The Balaban J connectivity index is 0.000000122. The van der Waals surface area contributed by atoms with Crippen LogP contribution in [-0.2, 0) is 53.8 Å². The number of halogens is 2. The third-order valence-electron chi connectivity index (χ3n) is 30.2. The molecule has 17 rings (SSSR count). The van der Waals surface area contributed by atoms with Crippen molar-refractivity contribution < 1.29 is 72.1 Å². The number of carbonyl (C=O) groups excluding carboxylic acids is 3. The summed E-state index contributed by atoms with van der Waals surface area (Å²) >= 11 is 0. The smallest absolute Gasteiger partial charge is 0.410 e. The fraction of sp³-hybridized carbons (Fsp3) is 0.964. The lowest BCUT2D eigenvalue weighted by Gasteiger charge is -2.48. The van der Waals surface area contributed by atoms with Gasteiger partial charge in [-0.05, 0) is 276 Å². The molecule has 0 N–H and O–H groups in total. The first-order chi connectivity index (χ1) is 51.0.